The van der Waals surface area contributed by atoms with Gasteiger partial charge < -0.3 is 30.0 Å². The molecular formula is C68H82N24O6. The number of carbonyl (C=O) groups excluding carboxylic acids is 3. The zero-order valence-corrected chi connectivity index (χ0v) is 56.2. The van der Waals surface area contributed by atoms with Gasteiger partial charge in [-0.15, -0.1) is 0 Å². The van der Waals surface area contributed by atoms with Crippen LogP contribution in [-0.2, 0) is 14.4 Å². The molecule has 98 heavy (non-hydrogen) atoms. The van der Waals surface area contributed by atoms with E-state index in [2.05, 4.69) is 106 Å². The van der Waals surface area contributed by atoms with Crippen LogP contribution in [0.5, 0.6) is 0 Å². The monoisotopic (exact) mass is 1330 g/mol. The molecule has 0 aliphatic carbocycles. The van der Waals surface area contributed by atoms with E-state index in [1.54, 1.807) is 51.9 Å². The molecule has 12 aromatic heterocycles. The van der Waals surface area contributed by atoms with Gasteiger partial charge in [0.05, 0.1) is 161 Å². The van der Waals surface area contributed by atoms with Crippen molar-refractivity contribution in [3.63, 3.8) is 0 Å². The number of rotatable bonds is 21. The number of hydrogen-bond donors (Lipinski definition) is 3. The molecule has 3 amide bonds. The van der Waals surface area contributed by atoms with Crippen LogP contribution < -0.4 is 0 Å². The van der Waals surface area contributed by atoms with Gasteiger partial charge in [-0.25, -0.2) is 28.5 Å². The molecule has 0 unspecified atom stereocenters. The summed E-state index contributed by atoms with van der Waals surface area (Å²) in [5.74, 6) is -0.746. The minimum absolute atomic E-state index is 0.0904. The van der Waals surface area contributed by atoms with Crippen molar-refractivity contribution >= 4 is 34.3 Å². The van der Waals surface area contributed by atoms with Gasteiger partial charge in [0.15, 0.2) is 0 Å². The Kier molecular flexibility index (Phi) is 19.0. The molecule has 0 aromatic carbocycles. The van der Waals surface area contributed by atoms with Crippen molar-refractivity contribution in [2.45, 2.75) is 142 Å². The molecule has 12 aromatic rings. The maximum atomic E-state index is 11.9. The molecule has 3 aliphatic rings. The smallest absolute Gasteiger partial charge is 0.251 e. The molecule has 0 saturated carbocycles. The Morgan fingerprint density at radius 1 is 0.398 bits per heavy atom. The summed E-state index contributed by atoms with van der Waals surface area (Å²) in [7, 11) is 0. The second kappa shape index (κ2) is 28.2. The van der Waals surface area contributed by atoms with Crippen LogP contribution in [0.4, 0.5) is 0 Å². The van der Waals surface area contributed by atoms with Gasteiger partial charge in [-0.1, -0.05) is 41.5 Å². The third kappa shape index (κ3) is 13.1. The lowest BCUT2D eigenvalue weighted by Gasteiger charge is -2.39. The summed E-state index contributed by atoms with van der Waals surface area (Å²) in [6.07, 6.45) is 38.1. The molecule has 3 N–H and O–H groups in total. The van der Waals surface area contributed by atoms with E-state index in [4.69, 9.17) is 20.1 Å². The Morgan fingerprint density at radius 3 is 0.959 bits per heavy atom. The maximum absolute atomic E-state index is 11.9. The van der Waals surface area contributed by atoms with Crippen LogP contribution in [-0.4, -0.2) is 208 Å². The van der Waals surface area contributed by atoms with Gasteiger partial charge in [0.2, 0.25) is 5.91 Å². The van der Waals surface area contributed by atoms with Crippen LogP contribution in [0.1, 0.15) is 130 Å². The van der Waals surface area contributed by atoms with Crippen LogP contribution in [0.2, 0.25) is 0 Å². The third-order valence-electron chi connectivity index (χ3n) is 19.0. The fourth-order valence-electron chi connectivity index (χ4n) is 12.9. The molecule has 2 atom stereocenters. The number of carbonyl (C=O) groups is 3. The fraction of sp³-hybridized carbons (Fsp3) is 0.426. The van der Waals surface area contributed by atoms with E-state index >= 15 is 0 Å². The molecular weight excluding hydrogens is 1250 g/mol. The van der Waals surface area contributed by atoms with E-state index in [-0.39, 0.29) is 35.8 Å². The SMILES string of the molecule is CCC(CC)n1cc(-c2nc(-c3cnn(C4CN(C(=O)CO)C4)c3)cn3nccc23)cn1.CCC(CC)n1cc(-c2nc(-c3cnn(C4CN(C(=O)[C@@H](C)O)C4)c3)cn3nccc23)cn1.CCC(CC)n1cc(-c2nc(-c3cnn(C4CN(C(=O)[C@H](C)O)C4)c3)cn3nccc23)cn1. The van der Waals surface area contributed by atoms with Crippen LogP contribution in [0.25, 0.3) is 84.1 Å². The standard InChI is InChI=1S/2C23H28N8O2.C22H26N8O2/c2*1-4-18(5-2)29-11-17(9-26-29)22-21-6-7-24-31(21)14-20(27-22)16-8-25-30(10-16)19-12-28(13-19)23(33)15(3)32;1-3-17(4-2)28-10-16(8-25-28)22-20-5-6-23-30(20)13-19(26-22)15-7-24-29(9-15)18-11-27(12-18)21(32)14-31/h2*6-11,14-15,18-19,32H,4-5,12-13H2,1-3H3;5-10,13,17-18,31H,3-4,11-12,14H2,1-2H3/t2*15-;/m10./s1. The van der Waals surface area contributed by atoms with Crippen LogP contribution in [0.3, 0.4) is 0 Å². The molecule has 3 aliphatic heterocycles. The Hall–Kier alpha value is -10.6. The van der Waals surface area contributed by atoms with E-state index in [1.807, 2.05) is 116 Å². The first-order chi connectivity index (χ1) is 47.6. The normalized spacial score (nSPS) is 15.1. The van der Waals surface area contributed by atoms with Gasteiger partial charge in [-0.2, -0.15) is 45.9 Å². The molecule has 30 heteroatoms. The first kappa shape index (κ1) is 66.0. The van der Waals surface area contributed by atoms with Crippen molar-refractivity contribution in [3.05, 3.63) is 130 Å². The molecule has 3 fully saturated rings. The summed E-state index contributed by atoms with van der Waals surface area (Å²) in [4.78, 5) is 55.1. The van der Waals surface area contributed by atoms with Crippen molar-refractivity contribution in [2.75, 3.05) is 45.9 Å². The Bertz CT molecular complexity index is 4540. The highest BCUT2D eigenvalue weighted by Gasteiger charge is 2.36. The largest absolute Gasteiger partial charge is 0.387 e. The van der Waals surface area contributed by atoms with Crippen molar-refractivity contribution < 1.29 is 29.7 Å². The van der Waals surface area contributed by atoms with Crippen molar-refractivity contribution in [2.24, 2.45) is 0 Å². The van der Waals surface area contributed by atoms with Gasteiger partial charge in [-0.05, 0) is 70.6 Å². The van der Waals surface area contributed by atoms with E-state index < -0.39 is 18.8 Å². The highest BCUT2D eigenvalue weighted by atomic mass is 16.3. The van der Waals surface area contributed by atoms with Gasteiger partial charge in [-0.3, -0.25) is 42.5 Å². The second-order valence-corrected chi connectivity index (χ2v) is 25.3. The summed E-state index contributed by atoms with van der Waals surface area (Å²) in [5, 5.41) is 68.5. The van der Waals surface area contributed by atoms with Gasteiger partial charge in [0.1, 0.15) is 18.8 Å². The zero-order valence-electron chi connectivity index (χ0n) is 56.2. The van der Waals surface area contributed by atoms with E-state index in [1.165, 1.54) is 13.8 Å². The van der Waals surface area contributed by atoms with Crippen molar-refractivity contribution in [3.8, 4) is 67.5 Å². The van der Waals surface area contributed by atoms with Gasteiger partial charge >= 0.3 is 0 Å². The highest BCUT2D eigenvalue weighted by Crippen LogP contribution is 2.34. The van der Waals surface area contributed by atoms with Gasteiger partial charge in [0.25, 0.3) is 11.8 Å². The molecule has 15 heterocycles. The number of aliphatic hydroxyl groups is 3. The van der Waals surface area contributed by atoms with E-state index in [0.29, 0.717) is 57.4 Å². The summed E-state index contributed by atoms with van der Waals surface area (Å²) in [6, 6.07) is 7.23. The summed E-state index contributed by atoms with van der Waals surface area (Å²) >= 11 is 0. The lowest BCUT2D eigenvalue weighted by molar-refractivity contribution is -0.145. The maximum Gasteiger partial charge on any atom is 0.251 e. The van der Waals surface area contributed by atoms with E-state index in [0.717, 1.165) is 123 Å². The molecule has 3 saturated heterocycles. The number of hydrogen-bond acceptors (Lipinski definition) is 18. The molecule has 15 rings (SSSR count). The van der Waals surface area contributed by atoms with Crippen LogP contribution in [0, 0.1) is 0 Å². The third-order valence-corrected chi connectivity index (χ3v) is 19.0. The molecule has 0 radical (unpaired) electrons. The van der Waals surface area contributed by atoms with Crippen molar-refractivity contribution in [1.29, 1.82) is 0 Å². The van der Waals surface area contributed by atoms with Crippen molar-refractivity contribution in [1.82, 2.24) is 117 Å². The molecule has 0 spiro atoms. The highest BCUT2D eigenvalue weighted by molar-refractivity contribution is 5.83. The first-order valence-corrected chi connectivity index (χ1v) is 33.7. The second-order valence-electron chi connectivity index (χ2n) is 25.3. The number of amides is 3. The average molecular weight is 1330 g/mol. The van der Waals surface area contributed by atoms with Crippen LogP contribution >= 0.6 is 0 Å². The van der Waals surface area contributed by atoms with Crippen LogP contribution in [0.15, 0.2) is 130 Å². The fourth-order valence-corrected chi connectivity index (χ4v) is 12.9. The Morgan fingerprint density at radius 2 is 0.684 bits per heavy atom. The minimum Gasteiger partial charge on any atom is -0.387 e. The Labute approximate surface area is 564 Å². The lowest BCUT2D eigenvalue weighted by Crippen LogP contribution is -2.53. The Balaban J connectivity index is 0.000000132. The summed E-state index contributed by atoms with van der Waals surface area (Å²) in [6.45, 7) is 18.8. The molecule has 0 bridgehead atoms. The molecule has 510 valence electrons. The quantitative estimate of drug-likeness (QED) is 0.0632. The molecule has 30 nitrogen and oxygen atoms in total. The number of aromatic nitrogens is 21. The topological polar surface area (TPSA) is 319 Å². The summed E-state index contributed by atoms with van der Waals surface area (Å²) in [5.41, 5.74) is 13.0. The number of fused-ring (bicyclic) bond motifs is 3. The predicted molar refractivity (Wildman–Crippen MR) is 362 cm³/mol. The number of likely N-dealkylation sites (tertiary alicyclic amines) is 3. The number of aliphatic hydroxyl groups excluding tert-OH is 3. The zero-order chi connectivity index (χ0) is 68.5. The minimum atomic E-state index is -0.975. The van der Waals surface area contributed by atoms with Gasteiger partial charge in [0, 0.05) is 110 Å². The number of nitrogens with zero attached hydrogens (tertiary/aromatic N) is 24. The lowest BCUT2D eigenvalue weighted by atomic mass is 10.1. The first-order valence-electron chi connectivity index (χ1n) is 33.7. The predicted octanol–water partition coefficient (Wildman–Crippen LogP) is 7.36. The van der Waals surface area contributed by atoms with E-state index in [9.17, 15) is 24.6 Å². The summed E-state index contributed by atoms with van der Waals surface area (Å²) < 4.78 is 17.1. The average Bonchev–Trinajstić information content (AvgIpc) is 1.64.